The predicted octanol–water partition coefficient (Wildman–Crippen LogP) is 6.25. The summed E-state index contributed by atoms with van der Waals surface area (Å²) < 4.78 is 5.16. The Hall–Kier alpha value is -5.12. The Labute approximate surface area is 267 Å². The minimum absolute atomic E-state index is 0.117. The van der Waals surface area contributed by atoms with E-state index in [1.54, 1.807) is 4.57 Å². The second-order valence-corrected chi connectivity index (χ2v) is 12.3. The van der Waals surface area contributed by atoms with Gasteiger partial charge in [-0.3, -0.25) is 13.9 Å². The molecule has 0 saturated carbocycles. The number of nitrogens with zero attached hydrogens (tertiary/aromatic N) is 7. The van der Waals surface area contributed by atoms with Crippen LogP contribution in [0.2, 0.25) is 0 Å². The maximum atomic E-state index is 14.2. The fraction of sp³-hybridized carbons (Fsp3) is 0.333. The van der Waals surface area contributed by atoms with E-state index in [0.29, 0.717) is 30.1 Å². The van der Waals surface area contributed by atoms with Crippen LogP contribution in [0, 0.1) is 5.92 Å². The summed E-state index contributed by atoms with van der Waals surface area (Å²) in [6.07, 6.45) is 3.80. The van der Waals surface area contributed by atoms with Gasteiger partial charge in [0, 0.05) is 25.1 Å². The van der Waals surface area contributed by atoms with Crippen molar-refractivity contribution in [2.24, 2.45) is 5.92 Å². The van der Waals surface area contributed by atoms with Crippen LogP contribution in [-0.2, 0) is 19.5 Å². The van der Waals surface area contributed by atoms with Crippen molar-refractivity contribution < 1.29 is 0 Å². The first-order chi connectivity index (χ1) is 22.4. The average molecular weight is 617 g/mol. The van der Waals surface area contributed by atoms with Gasteiger partial charge >= 0.3 is 5.69 Å². The van der Waals surface area contributed by atoms with E-state index in [1.807, 2.05) is 79.9 Å². The van der Waals surface area contributed by atoms with E-state index in [1.165, 1.54) is 4.57 Å². The number of aromatic nitrogens is 8. The minimum Gasteiger partial charge on any atom is -0.318 e. The van der Waals surface area contributed by atoms with Gasteiger partial charge in [0.15, 0.2) is 11.2 Å². The van der Waals surface area contributed by atoms with Crippen molar-refractivity contribution in [2.75, 3.05) is 0 Å². The molecule has 1 atom stereocenters. The lowest BCUT2D eigenvalue weighted by Gasteiger charge is -2.19. The number of H-pyrrole nitrogens is 1. The third-order valence-electron chi connectivity index (χ3n) is 8.48. The van der Waals surface area contributed by atoms with Crippen LogP contribution in [0.3, 0.4) is 0 Å². The summed E-state index contributed by atoms with van der Waals surface area (Å²) in [7, 11) is 0. The lowest BCUT2D eigenvalue weighted by Crippen LogP contribution is -2.42. The second kappa shape index (κ2) is 13.5. The number of aromatic amines is 1. The zero-order valence-corrected chi connectivity index (χ0v) is 26.8. The van der Waals surface area contributed by atoms with E-state index in [9.17, 15) is 9.59 Å². The molecule has 3 aromatic heterocycles. The Morgan fingerprint density at radius 2 is 1.54 bits per heavy atom. The fourth-order valence-electron chi connectivity index (χ4n) is 6.13. The summed E-state index contributed by atoms with van der Waals surface area (Å²) in [6, 6.07) is 25.9. The van der Waals surface area contributed by atoms with Gasteiger partial charge in [0.25, 0.3) is 5.56 Å². The van der Waals surface area contributed by atoms with Crippen LogP contribution in [0.5, 0.6) is 0 Å². The van der Waals surface area contributed by atoms with Crippen molar-refractivity contribution in [3.63, 3.8) is 0 Å². The summed E-state index contributed by atoms with van der Waals surface area (Å²) in [5.41, 5.74) is 5.23. The van der Waals surface area contributed by atoms with Gasteiger partial charge < -0.3 is 4.57 Å². The van der Waals surface area contributed by atoms with Crippen molar-refractivity contribution in [2.45, 2.75) is 72.5 Å². The smallest absolute Gasteiger partial charge is 0.318 e. The van der Waals surface area contributed by atoms with E-state index >= 15 is 0 Å². The molecule has 0 amide bonds. The van der Waals surface area contributed by atoms with Gasteiger partial charge in [-0.2, -0.15) is 5.21 Å². The molecule has 10 heteroatoms. The Morgan fingerprint density at radius 1 is 0.826 bits per heavy atom. The second-order valence-electron chi connectivity index (χ2n) is 12.3. The van der Waals surface area contributed by atoms with Crippen molar-refractivity contribution in [1.29, 1.82) is 0 Å². The summed E-state index contributed by atoms with van der Waals surface area (Å²) in [4.78, 5) is 33.3. The molecular formula is C36H40N8O2. The standard InChI is InChI=1S/C36H40N8O2/c1-5-6-8-17-31-37-34-32(35(45)43(22-24(2)3)36(46)44(34)25(4)27-13-9-7-10-14-27)42(31)23-26-18-20-28(21-19-26)29-15-11-12-16-30(29)33-38-40-41-39-33/h7,9-16,18-21,24-25H,5-6,8,17,22-23H2,1-4H3,(H,38,39,40,41). The molecule has 3 aromatic carbocycles. The van der Waals surface area contributed by atoms with E-state index < -0.39 is 0 Å². The van der Waals surface area contributed by atoms with Crippen LogP contribution in [-0.4, -0.2) is 39.3 Å². The third kappa shape index (κ3) is 6.07. The molecule has 3 heterocycles. The normalized spacial score (nSPS) is 12.3. The van der Waals surface area contributed by atoms with E-state index in [4.69, 9.17) is 4.98 Å². The van der Waals surface area contributed by atoms with Gasteiger partial charge in [0.1, 0.15) is 5.82 Å². The Kier molecular flexibility index (Phi) is 9.05. The molecule has 1 unspecified atom stereocenters. The number of unbranched alkanes of at least 4 members (excludes halogenated alkanes) is 2. The fourth-order valence-corrected chi connectivity index (χ4v) is 6.13. The summed E-state index contributed by atoms with van der Waals surface area (Å²) in [5, 5.41) is 14.6. The Morgan fingerprint density at radius 3 is 2.22 bits per heavy atom. The molecular weight excluding hydrogens is 576 g/mol. The van der Waals surface area contributed by atoms with Crippen LogP contribution >= 0.6 is 0 Å². The molecule has 0 radical (unpaired) electrons. The lowest BCUT2D eigenvalue weighted by molar-refractivity contribution is 0.467. The summed E-state index contributed by atoms with van der Waals surface area (Å²) in [5.74, 6) is 1.48. The molecule has 236 valence electrons. The third-order valence-corrected chi connectivity index (χ3v) is 8.48. The van der Waals surface area contributed by atoms with Crippen LogP contribution in [0.15, 0.2) is 88.5 Å². The van der Waals surface area contributed by atoms with Crippen LogP contribution in [0.1, 0.15) is 70.0 Å². The molecule has 6 rings (SSSR count). The van der Waals surface area contributed by atoms with Crippen LogP contribution in [0.4, 0.5) is 0 Å². The molecule has 0 bridgehead atoms. The van der Waals surface area contributed by atoms with Gasteiger partial charge in [0.2, 0.25) is 5.82 Å². The molecule has 6 aromatic rings. The number of rotatable bonds is 12. The van der Waals surface area contributed by atoms with Gasteiger partial charge in [-0.1, -0.05) is 112 Å². The molecule has 10 nitrogen and oxygen atoms in total. The quantitative estimate of drug-likeness (QED) is 0.162. The first-order valence-corrected chi connectivity index (χ1v) is 16.1. The van der Waals surface area contributed by atoms with Gasteiger partial charge in [0.05, 0.1) is 6.04 Å². The molecule has 1 N–H and O–H groups in total. The van der Waals surface area contributed by atoms with E-state index in [2.05, 4.69) is 51.8 Å². The molecule has 0 fully saturated rings. The molecule has 0 aliphatic rings. The maximum Gasteiger partial charge on any atom is 0.333 e. The number of nitrogens with one attached hydrogen (secondary N) is 1. The van der Waals surface area contributed by atoms with Gasteiger partial charge in [-0.25, -0.2) is 9.78 Å². The molecule has 0 aliphatic heterocycles. The van der Waals surface area contributed by atoms with Crippen LogP contribution in [0.25, 0.3) is 33.7 Å². The highest BCUT2D eigenvalue weighted by Crippen LogP contribution is 2.30. The first kappa shape index (κ1) is 30.9. The molecule has 0 saturated heterocycles. The van der Waals surface area contributed by atoms with Crippen molar-refractivity contribution in [3.05, 3.63) is 117 Å². The largest absolute Gasteiger partial charge is 0.333 e. The van der Waals surface area contributed by atoms with Gasteiger partial charge in [-0.05, 0) is 46.7 Å². The number of aryl methyl sites for hydroxylation is 1. The number of fused-ring (bicyclic) bond motifs is 1. The molecule has 0 aliphatic carbocycles. The number of hydrogen-bond acceptors (Lipinski definition) is 6. The van der Waals surface area contributed by atoms with Gasteiger partial charge in [-0.15, -0.1) is 10.2 Å². The van der Waals surface area contributed by atoms with E-state index in [-0.39, 0.29) is 23.2 Å². The number of tetrazole rings is 1. The SMILES string of the molecule is CCCCCc1nc2c(c(=O)n(CC(C)C)c(=O)n2C(C)c2ccccc2)n1Cc1ccc(-c2ccccc2-c2nn[nH]n2)cc1. The number of benzene rings is 3. The van der Waals surface area contributed by atoms with E-state index in [0.717, 1.165) is 59.3 Å². The predicted molar refractivity (Wildman–Crippen MR) is 181 cm³/mol. The zero-order valence-electron chi connectivity index (χ0n) is 26.8. The first-order valence-electron chi connectivity index (χ1n) is 16.1. The Bertz CT molecular complexity index is 2040. The topological polar surface area (TPSA) is 116 Å². The lowest BCUT2D eigenvalue weighted by atomic mass is 9.98. The zero-order chi connectivity index (χ0) is 32.2. The highest BCUT2D eigenvalue weighted by Gasteiger charge is 2.25. The number of hydrogen-bond donors (Lipinski definition) is 1. The van der Waals surface area contributed by atoms with Crippen molar-refractivity contribution >= 4 is 11.2 Å². The maximum absolute atomic E-state index is 14.2. The Balaban J connectivity index is 1.48. The highest BCUT2D eigenvalue weighted by molar-refractivity contribution is 5.80. The number of imidazole rings is 1. The monoisotopic (exact) mass is 616 g/mol. The average Bonchev–Trinajstić information content (AvgIpc) is 3.73. The highest BCUT2D eigenvalue weighted by atomic mass is 16.2. The van der Waals surface area contributed by atoms with Crippen molar-refractivity contribution in [1.82, 2.24) is 39.3 Å². The molecule has 46 heavy (non-hydrogen) atoms. The summed E-state index contributed by atoms with van der Waals surface area (Å²) in [6.45, 7) is 9.01. The minimum atomic E-state index is -0.322. The van der Waals surface area contributed by atoms with Crippen molar-refractivity contribution in [3.8, 4) is 22.5 Å². The summed E-state index contributed by atoms with van der Waals surface area (Å²) >= 11 is 0. The molecule has 0 spiro atoms. The van der Waals surface area contributed by atoms with Crippen LogP contribution < -0.4 is 11.2 Å².